The van der Waals surface area contributed by atoms with Crippen molar-refractivity contribution in [3.05, 3.63) is 122 Å². The number of unbranched alkanes of at least 4 members (excludes halogenated alkanes) is 38. The van der Waals surface area contributed by atoms with E-state index >= 15 is 0 Å². The van der Waals surface area contributed by atoms with E-state index in [0.717, 1.165) is 103 Å². The Morgan fingerprint density at radius 1 is 0.327 bits per heavy atom. The molecule has 652 valence electrons. The number of carbonyl (C=O) groups is 1. The molecule has 0 aromatic carbocycles. The van der Waals surface area contributed by atoms with E-state index in [-0.39, 0.29) is 18.9 Å². The summed E-state index contributed by atoms with van der Waals surface area (Å²) in [7, 11) is 0. The van der Waals surface area contributed by atoms with Crippen molar-refractivity contribution in [3.63, 3.8) is 0 Å². The molecule has 3 aliphatic heterocycles. The molecule has 113 heavy (non-hydrogen) atoms. The normalized spacial score (nSPS) is 25.4. The standard InChI is InChI=1S/C94H163NO18/c1-3-5-7-9-11-13-15-17-19-21-23-25-27-29-31-33-35-37-38-40-42-44-46-48-50-52-54-56-58-60-62-64-66-68-70-72-82(100)95-77(78(99)71-69-67-65-63-61-59-57-55-53-51-49-47-45-43-41-39-36-34-32-30-28-26-24-22-20-18-16-14-12-10-8-6-4-2)76-108-92-88(106)85(103)90(80(74-97)110-92)113-94-89(107)86(104)91(81(75-98)111-94)112-93-87(105)84(102)83(101)79(73-96)109-93/h5,7,11,13,17,19,23,25,29,31,35,37,40,42,53,55,61,63,69,71,77-81,83-94,96-99,101-107H,3-4,6,8-10,12,14-16,18,20-22,24,26-28,30,32-34,36,38-39,41,43-52,54,56-60,62,64-68,70,72-76H2,1-2H3,(H,95,100)/b7-5-,13-11-,19-17-,25-23-,31-29-,37-35-,42-40-,55-53+,63-61+,71-69+. The first-order valence-electron chi connectivity index (χ1n) is 45.3. The maximum atomic E-state index is 13.5. The second-order valence-electron chi connectivity index (χ2n) is 31.7. The van der Waals surface area contributed by atoms with Crippen molar-refractivity contribution in [2.75, 3.05) is 26.4 Å². The summed E-state index contributed by atoms with van der Waals surface area (Å²) in [6, 6.07) is -1.01. The largest absolute Gasteiger partial charge is 0.394 e. The first-order valence-corrected chi connectivity index (χ1v) is 45.3. The molecule has 0 radical (unpaired) electrons. The third-order valence-corrected chi connectivity index (χ3v) is 21.7. The highest BCUT2D eigenvalue weighted by atomic mass is 16.8. The second-order valence-corrected chi connectivity index (χ2v) is 31.7. The van der Waals surface area contributed by atoms with Gasteiger partial charge in [-0.2, -0.15) is 0 Å². The molecule has 0 aromatic heterocycles. The van der Waals surface area contributed by atoms with E-state index in [2.05, 4.69) is 129 Å². The molecule has 0 aromatic rings. The lowest BCUT2D eigenvalue weighted by Crippen LogP contribution is -2.66. The number of hydrogen-bond acceptors (Lipinski definition) is 18. The van der Waals surface area contributed by atoms with Crippen LogP contribution < -0.4 is 5.32 Å². The highest BCUT2D eigenvalue weighted by molar-refractivity contribution is 5.76. The summed E-state index contributed by atoms with van der Waals surface area (Å²) in [5.74, 6) is -0.292. The van der Waals surface area contributed by atoms with Gasteiger partial charge in [0, 0.05) is 6.42 Å². The zero-order valence-electron chi connectivity index (χ0n) is 70.3. The van der Waals surface area contributed by atoms with Crippen molar-refractivity contribution < 1.29 is 89.4 Å². The first kappa shape index (κ1) is 103. The lowest BCUT2D eigenvalue weighted by Gasteiger charge is -2.48. The summed E-state index contributed by atoms with van der Waals surface area (Å²) in [6.07, 6.45) is 76.3. The van der Waals surface area contributed by atoms with Gasteiger partial charge in [-0.15, -0.1) is 0 Å². The molecule has 3 fully saturated rings. The second kappa shape index (κ2) is 72.2. The van der Waals surface area contributed by atoms with Gasteiger partial charge < -0.3 is 89.9 Å². The first-order chi connectivity index (χ1) is 55.3. The van der Waals surface area contributed by atoms with Crippen LogP contribution in [0.2, 0.25) is 0 Å². The van der Waals surface area contributed by atoms with E-state index in [1.165, 1.54) is 199 Å². The molecule has 0 spiro atoms. The molecule has 0 saturated carbocycles. The molecule has 3 aliphatic rings. The molecule has 19 heteroatoms. The summed E-state index contributed by atoms with van der Waals surface area (Å²) in [4.78, 5) is 13.5. The Kier molecular flexibility index (Phi) is 66.1. The van der Waals surface area contributed by atoms with Crippen molar-refractivity contribution >= 4 is 5.91 Å². The number of hydrogen-bond donors (Lipinski definition) is 12. The zero-order valence-corrected chi connectivity index (χ0v) is 70.3. The highest BCUT2D eigenvalue weighted by Crippen LogP contribution is 2.33. The Labute approximate surface area is 684 Å². The number of aliphatic hydroxyl groups excluding tert-OH is 11. The fourth-order valence-corrected chi connectivity index (χ4v) is 14.6. The Hall–Kier alpha value is -3.81. The molecule has 19 nitrogen and oxygen atoms in total. The maximum Gasteiger partial charge on any atom is 0.220 e. The van der Waals surface area contributed by atoms with Crippen LogP contribution in [0.25, 0.3) is 0 Å². The molecule has 17 atom stereocenters. The van der Waals surface area contributed by atoms with Gasteiger partial charge in [-0.3, -0.25) is 4.79 Å². The molecular weight excluding hydrogens is 1430 g/mol. The SMILES string of the molecule is CC/C=C\C/C=C\C/C=C\C/C=C\C/C=C\C/C=C\C/C=C\CCCCCCCCCCCCCCCC(=O)NC(COC1OC(CO)C(OC2OC(CO)C(OC3OC(CO)C(O)C(O)C3O)C(O)C2O)C(O)C1O)C(O)/C=C/CC/C=C/CC/C=C/CCCCCCCCCCCCCCCCCCCCCCCCC. The van der Waals surface area contributed by atoms with Crippen LogP contribution in [0.1, 0.15) is 335 Å². The molecular formula is C94H163NO18. The van der Waals surface area contributed by atoms with Crippen LogP contribution in [-0.4, -0.2) is 193 Å². The van der Waals surface area contributed by atoms with Gasteiger partial charge in [0.25, 0.3) is 0 Å². The van der Waals surface area contributed by atoms with Crippen LogP contribution in [0.3, 0.4) is 0 Å². The van der Waals surface area contributed by atoms with E-state index in [9.17, 15) is 61.0 Å². The monoisotopic (exact) mass is 1590 g/mol. The molecule has 0 bridgehead atoms. The molecule has 17 unspecified atom stereocenters. The summed E-state index contributed by atoms with van der Waals surface area (Å²) in [6.45, 7) is 1.63. The molecule has 1 amide bonds. The maximum absolute atomic E-state index is 13.5. The number of amides is 1. The minimum atomic E-state index is -1.99. The van der Waals surface area contributed by atoms with Crippen LogP contribution in [0, 0.1) is 0 Å². The third-order valence-electron chi connectivity index (χ3n) is 21.7. The third kappa shape index (κ3) is 50.7. The van der Waals surface area contributed by atoms with Gasteiger partial charge in [0.1, 0.15) is 73.2 Å². The summed E-state index contributed by atoms with van der Waals surface area (Å²) in [5, 5.41) is 121. The van der Waals surface area contributed by atoms with E-state index in [1.807, 2.05) is 6.08 Å². The van der Waals surface area contributed by atoms with Crippen LogP contribution in [0.15, 0.2) is 122 Å². The number of nitrogens with one attached hydrogen (secondary N) is 1. The predicted molar refractivity (Wildman–Crippen MR) is 457 cm³/mol. The van der Waals surface area contributed by atoms with Crippen LogP contribution in [0.5, 0.6) is 0 Å². The molecule has 3 saturated heterocycles. The van der Waals surface area contributed by atoms with Crippen LogP contribution in [0.4, 0.5) is 0 Å². The van der Waals surface area contributed by atoms with Gasteiger partial charge >= 0.3 is 0 Å². The molecule has 3 heterocycles. The smallest absolute Gasteiger partial charge is 0.220 e. The van der Waals surface area contributed by atoms with Gasteiger partial charge in [-0.1, -0.05) is 347 Å². The van der Waals surface area contributed by atoms with E-state index < -0.39 is 124 Å². The number of ether oxygens (including phenoxy) is 6. The van der Waals surface area contributed by atoms with E-state index in [0.29, 0.717) is 12.8 Å². The number of aliphatic hydroxyl groups is 11. The molecule has 12 N–H and O–H groups in total. The van der Waals surface area contributed by atoms with Gasteiger partial charge in [-0.25, -0.2) is 0 Å². The van der Waals surface area contributed by atoms with Crippen molar-refractivity contribution in [2.24, 2.45) is 0 Å². The summed E-state index contributed by atoms with van der Waals surface area (Å²) < 4.78 is 34.5. The van der Waals surface area contributed by atoms with Crippen molar-refractivity contribution in [1.29, 1.82) is 0 Å². The van der Waals surface area contributed by atoms with E-state index in [1.54, 1.807) is 6.08 Å². The van der Waals surface area contributed by atoms with Crippen LogP contribution in [-0.2, 0) is 33.2 Å². The lowest BCUT2D eigenvalue weighted by molar-refractivity contribution is -0.379. The summed E-state index contributed by atoms with van der Waals surface area (Å²) in [5.41, 5.74) is 0. The number of carbonyl (C=O) groups excluding carboxylic acids is 1. The predicted octanol–water partition coefficient (Wildman–Crippen LogP) is 17.4. The van der Waals surface area contributed by atoms with Gasteiger partial charge in [-0.05, 0) is 103 Å². The Balaban J connectivity index is 1.35. The number of allylic oxidation sites excluding steroid dienone is 19. The zero-order chi connectivity index (χ0) is 81.7. The molecule has 3 rings (SSSR count). The van der Waals surface area contributed by atoms with Gasteiger partial charge in [0.15, 0.2) is 18.9 Å². The Morgan fingerprint density at radius 3 is 0.991 bits per heavy atom. The fourth-order valence-electron chi connectivity index (χ4n) is 14.6. The van der Waals surface area contributed by atoms with Gasteiger partial charge in [0.2, 0.25) is 5.91 Å². The van der Waals surface area contributed by atoms with Crippen molar-refractivity contribution in [3.8, 4) is 0 Å². The topological polar surface area (TPSA) is 307 Å². The fraction of sp³-hybridized carbons (Fsp3) is 0.777. The number of rotatable bonds is 72. The average Bonchev–Trinajstić information content (AvgIpc) is 0.780. The van der Waals surface area contributed by atoms with Gasteiger partial charge in [0.05, 0.1) is 38.6 Å². The molecule has 0 aliphatic carbocycles. The van der Waals surface area contributed by atoms with E-state index in [4.69, 9.17) is 28.4 Å². The minimum absolute atomic E-state index is 0.224. The average molecular weight is 1600 g/mol. The van der Waals surface area contributed by atoms with Crippen molar-refractivity contribution in [1.82, 2.24) is 5.32 Å². The van der Waals surface area contributed by atoms with Crippen molar-refractivity contribution in [2.45, 2.75) is 439 Å². The minimum Gasteiger partial charge on any atom is -0.394 e. The quantitative estimate of drug-likeness (QED) is 0.0199. The summed E-state index contributed by atoms with van der Waals surface area (Å²) >= 11 is 0. The highest BCUT2D eigenvalue weighted by Gasteiger charge is 2.54. The Bertz CT molecular complexity index is 2510. The lowest BCUT2D eigenvalue weighted by atomic mass is 9.96. The Morgan fingerprint density at radius 2 is 0.619 bits per heavy atom. The van der Waals surface area contributed by atoms with Crippen LogP contribution >= 0.6 is 0 Å².